The molecule has 3 saturated carbocycles. The summed E-state index contributed by atoms with van der Waals surface area (Å²) in [4.78, 5) is 43.5. The number of alkyl halides is 2. The number of aromatic amines is 1. The number of ether oxygens (including phenoxy) is 5. The second-order valence-corrected chi connectivity index (χ2v) is 29.5. The van der Waals surface area contributed by atoms with Gasteiger partial charge in [-0.1, -0.05) is 84.9 Å². The average Bonchev–Trinajstić information content (AvgIpc) is 1.60. The number of hydrogen-bond donors (Lipinski definition) is 5. The minimum absolute atomic E-state index is 0. The number of aromatic nitrogens is 1. The SMILES string of the molecule is COc1cccc(C2(C(=O)Nc3cccc(-c4ccc(S(=O)(=O)N5CCC[C@@H]5CO)cc4)c3)CC2)c1.Cc1cc2cc(-c3cc(NC(=O)C4(c5ccc6c(c5)OCO6)CC4)ccc3C)ccc2[nH]1.Cc1ccc(CC(=O)C2(c3ccc4c(c3)OC(F)(F)O4)CC2)cc1-c1ccc2c(c1)CCN2.[HH].[HH].[HH].[HH].[HH].[HH]. The third-order valence-corrected chi connectivity index (χ3v) is 22.9. The number of Topliss-reactive ketones (excluding diaryl/α,β-unsaturated/α-hetero) is 1. The molecule has 528 valence electrons. The lowest BCUT2D eigenvalue weighted by molar-refractivity contribution is -0.286. The molecule has 1 aromatic heterocycles. The maximum absolute atomic E-state index is 13.4. The van der Waals surface area contributed by atoms with Crippen LogP contribution >= 0.6 is 0 Å². The normalized spacial score (nSPS) is 17.8. The Kier molecular flexibility index (Phi) is 17.3. The molecule has 0 unspecified atom stereocenters. The van der Waals surface area contributed by atoms with E-state index in [1.165, 1.54) is 38.6 Å². The Balaban J connectivity index is 0.000000181. The first-order chi connectivity index (χ1) is 48.7. The predicted molar refractivity (Wildman–Crippen MR) is 397 cm³/mol. The first-order valence-electron chi connectivity index (χ1n) is 34.3. The van der Waals surface area contributed by atoms with Gasteiger partial charge in [-0.25, -0.2) is 8.42 Å². The average molecular weight is 1390 g/mol. The van der Waals surface area contributed by atoms with E-state index >= 15 is 0 Å². The number of nitrogens with one attached hydrogen (secondary N) is 4. The third-order valence-electron chi connectivity index (χ3n) is 21.0. The molecule has 9 aromatic carbocycles. The Labute approximate surface area is 593 Å². The van der Waals surface area contributed by atoms with Crippen LogP contribution in [0.2, 0.25) is 0 Å². The number of aliphatic hydroxyl groups excluding tert-OH is 1. The van der Waals surface area contributed by atoms with Crippen molar-refractivity contribution >= 4 is 55.6 Å². The molecule has 5 heterocycles. The Bertz CT molecular complexity index is 5070. The van der Waals surface area contributed by atoms with Crippen LogP contribution in [0.3, 0.4) is 0 Å². The van der Waals surface area contributed by atoms with Crippen LogP contribution in [-0.2, 0) is 53.5 Å². The number of anilines is 3. The summed E-state index contributed by atoms with van der Waals surface area (Å²) >= 11 is 0. The third kappa shape index (κ3) is 13.2. The first-order valence-corrected chi connectivity index (χ1v) is 35.8. The highest BCUT2D eigenvalue weighted by Crippen LogP contribution is 2.54. The maximum Gasteiger partial charge on any atom is 0.586 e. The smallest absolute Gasteiger partial charge is 0.497 e. The largest absolute Gasteiger partial charge is 0.586 e. The minimum Gasteiger partial charge on any atom is -0.497 e. The van der Waals surface area contributed by atoms with Gasteiger partial charge >= 0.3 is 6.29 Å². The van der Waals surface area contributed by atoms with E-state index in [1.54, 1.807) is 37.4 Å². The lowest BCUT2D eigenvalue weighted by Crippen LogP contribution is -2.37. The number of fused-ring (bicyclic) bond motifs is 4. The Morgan fingerprint density at radius 1 is 0.624 bits per heavy atom. The molecule has 16 nitrogen and oxygen atoms in total. The summed E-state index contributed by atoms with van der Waals surface area (Å²) in [5.74, 6) is 2.26. The molecule has 0 spiro atoms. The number of benzene rings is 9. The summed E-state index contributed by atoms with van der Waals surface area (Å²) in [5.41, 5.74) is 16.8. The van der Waals surface area contributed by atoms with Gasteiger partial charge in [0.2, 0.25) is 28.6 Å². The first kappa shape index (κ1) is 66.5. The van der Waals surface area contributed by atoms with Gasteiger partial charge in [0.15, 0.2) is 23.0 Å². The van der Waals surface area contributed by atoms with Gasteiger partial charge in [-0.15, -0.1) is 8.78 Å². The second-order valence-electron chi connectivity index (χ2n) is 27.6. The van der Waals surface area contributed by atoms with Crippen molar-refractivity contribution in [2.75, 3.05) is 49.5 Å². The van der Waals surface area contributed by atoms with E-state index < -0.39 is 32.6 Å². The van der Waals surface area contributed by atoms with Crippen LogP contribution in [0.15, 0.2) is 193 Å². The molecule has 0 bridgehead atoms. The van der Waals surface area contributed by atoms with Crippen LogP contribution < -0.4 is 39.6 Å². The molecule has 2 amide bonds. The quantitative estimate of drug-likeness (QED) is 0.0577. The van der Waals surface area contributed by atoms with E-state index in [4.69, 9.17) is 14.2 Å². The van der Waals surface area contributed by atoms with Gasteiger partial charge in [0.25, 0.3) is 0 Å². The molecule has 19 heteroatoms. The number of H-pyrrole nitrogens is 1. The summed E-state index contributed by atoms with van der Waals surface area (Å²) in [6, 6.07) is 59.5. The summed E-state index contributed by atoms with van der Waals surface area (Å²) in [6.07, 6.45) is 3.73. The van der Waals surface area contributed by atoms with Crippen molar-refractivity contribution in [3.63, 3.8) is 0 Å². The summed E-state index contributed by atoms with van der Waals surface area (Å²) in [7, 11) is -2.04. The number of ketones is 1. The van der Waals surface area contributed by atoms with Crippen LogP contribution in [0.25, 0.3) is 44.3 Å². The molecule has 3 aliphatic carbocycles. The van der Waals surface area contributed by atoms with E-state index in [2.05, 4.69) is 118 Å². The number of halogens is 2. The fourth-order valence-electron chi connectivity index (χ4n) is 14.7. The van der Waals surface area contributed by atoms with Crippen LogP contribution in [0.1, 0.15) is 105 Å². The number of nitrogens with zero attached hydrogens (tertiary/aromatic N) is 1. The van der Waals surface area contributed by atoms with Gasteiger partial charge < -0.3 is 49.7 Å². The van der Waals surface area contributed by atoms with E-state index in [1.807, 2.05) is 78.9 Å². The van der Waals surface area contributed by atoms with Crippen LogP contribution in [0, 0.1) is 20.8 Å². The number of amides is 2. The molecule has 4 aliphatic heterocycles. The highest BCUT2D eigenvalue weighted by molar-refractivity contribution is 7.89. The van der Waals surface area contributed by atoms with Gasteiger partial charge in [-0.3, -0.25) is 14.4 Å². The van der Waals surface area contributed by atoms with Gasteiger partial charge in [-0.05, 0) is 254 Å². The zero-order chi connectivity index (χ0) is 70.0. The molecular formula is C82H89F2N5O11S. The number of rotatable bonds is 17. The van der Waals surface area contributed by atoms with Gasteiger partial charge in [0.1, 0.15) is 11.5 Å². The van der Waals surface area contributed by atoms with Crippen molar-refractivity contribution in [1.29, 1.82) is 0 Å². The number of carbonyl (C=O) groups is 3. The standard InChI is InChI=1S/C28H30N2O5S.C27H23F2NO3.C27H24N2O3.6H2/c1-35-25-9-3-6-22(18-25)28(14-15-28)27(32)29-23-7-2-5-21(17-23)20-10-12-26(13-11-20)36(33,34)30-16-4-8-24(30)19-31;1-16-2-3-17(12-21(16)18-4-6-22-19(14-18)8-11-30-22)13-25(31)26(9-10-26)20-5-7-23-24(15-20)33-27(28,29)32-23;1-16-3-6-21(14-22(16)18-4-7-23-19(12-18)11-17(2)28-23)29-26(30)27(9-10-27)20-5-8-24-25(13-20)32-15-31-24;;;;;;/h2-3,5-7,9-13,17-18,24,31H,4,8,14-16,19H2,1H3,(H,29,32);2-7,12,14-15,30H,8-11,13H2,1H3;3-8,11-14,28H,9-10,15H2,1-2H3,(H,29,30);6*1H/t24-;;;;;;;;/m1......../s1. The highest BCUT2D eigenvalue weighted by atomic mass is 32.2. The Hall–Kier alpha value is -10.3. The van der Waals surface area contributed by atoms with E-state index in [9.17, 15) is 36.7 Å². The van der Waals surface area contributed by atoms with E-state index in [0.717, 1.165) is 135 Å². The molecule has 17 rings (SSSR count). The van der Waals surface area contributed by atoms with Crippen molar-refractivity contribution in [2.45, 2.75) is 118 Å². The number of carbonyl (C=O) groups excluding carboxylic acids is 3. The highest BCUT2D eigenvalue weighted by Gasteiger charge is 2.54. The molecule has 1 saturated heterocycles. The van der Waals surface area contributed by atoms with E-state index in [0.29, 0.717) is 43.5 Å². The maximum atomic E-state index is 13.4. The molecule has 5 N–H and O–H groups in total. The summed E-state index contributed by atoms with van der Waals surface area (Å²) in [5, 5.41) is 20.3. The van der Waals surface area contributed by atoms with Crippen molar-refractivity contribution in [1.82, 2.24) is 9.29 Å². The fourth-order valence-corrected chi connectivity index (χ4v) is 16.4. The Morgan fingerprint density at radius 3 is 1.99 bits per heavy atom. The van der Waals surface area contributed by atoms with Crippen LogP contribution in [0.4, 0.5) is 25.8 Å². The second kappa shape index (κ2) is 26.3. The van der Waals surface area contributed by atoms with Gasteiger partial charge in [0, 0.05) is 67.8 Å². The van der Waals surface area contributed by atoms with Crippen molar-refractivity contribution < 1.29 is 68.9 Å². The predicted octanol–water partition coefficient (Wildman–Crippen LogP) is 17.3. The molecule has 0 radical (unpaired) electrons. The molecular weight excluding hydrogens is 1300 g/mol. The zero-order valence-corrected chi connectivity index (χ0v) is 57.3. The van der Waals surface area contributed by atoms with Crippen molar-refractivity contribution in [2.24, 2.45) is 0 Å². The molecule has 101 heavy (non-hydrogen) atoms. The minimum atomic E-state index is -3.66. The van der Waals surface area contributed by atoms with Crippen molar-refractivity contribution in [3.05, 3.63) is 233 Å². The molecule has 4 fully saturated rings. The van der Waals surface area contributed by atoms with Gasteiger partial charge in [-0.2, -0.15) is 4.31 Å². The van der Waals surface area contributed by atoms with Crippen LogP contribution in [0.5, 0.6) is 28.7 Å². The number of methoxy groups -OCH3 is 1. The molecule has 10 aromatic rings. The fraction of sp³-hybridized carbons (Fsp3) is 0.280. The van der Waals surface area contributed by atoms with Crippen LogP contribution in [-0.4, -0.2) is 86.3 Å². The summed E-state index contributed by atoms with van der Waals surface area (Å²) in [6.45, 7) is 7.70. The number of sulfonamides is 1. The topological polar surface area (TPSA) is 207 Å². The lowest BCUT2D eigenvalue weighted by atomic mass is 9.86. The zero-order valence-electron chi connectivity index (χ0n) is 56.5. The monoisotopic (exact) mass is 1390 g/mol. The van der Waals surface area contributed by atoms with Gasteiger partial charge in [0.05, 0.1) is 34.9 Å². The molecule has 7 aliphatic rings. The number of aryl methyl sites for hydroxylation is 3. The summed E-state index contributed by atoms with van der Waals surface area (Å²) < 4.78 is 79.6. The van der Waals surface area contributed by atoms with E-state index in [-0.39, 0.29) is 62.0 Å². The number of aliphatic hydroxyl groups is 1. The lowest BCUT2D eigenvalue weighted by Gasteiger charge is -2.22. The molecule has 1 atom stereocenters. The number of hydrogen-bond acceptors (Lipinski definition) is 12. The van der Waals surface area contributed by atoms with Crippen molar-refractivity contribution in [3.8, 4) is 62.1 Å². The Morgan fingerprint density at radius 2 is 1.26 bits per heavy atom.